The molecule has 0 bridgehead atoms. The molecule has 0 saturated heterocycles. The third kappa shape index (κ3) is 8.66. The van der Waals surface area contributed by atoms with Crippen LogP contribution in [-0.2, 0) is 10.8 Å². The van der Waals surface area contributed by atoms with E-state index < -0.39 is 8.56 Å². The van der Waals surface area contributed by atoms with E-state index in [4.69, 9.17) is 8.85 Å². The van der Waals surface area contributed by atoms with E-state index in [1.807, 2.05) is 0 Å². The average Bonchev–Trinajstić information content (AvgIpc) is 2.92. The zero-order chi connectivity index (χ0) is 24.6. The van der Waals surface area contributed by atoms with Gasteiger partial charge in [-0.05, 0) is 30.5 Å². The molecular formula is C32H44O2Si. The molecule has 0 aliphatic rings. The highest BCUT2D eigenvalue weighted by atomic mass is 28.4. The van der Waals surface area contributed by atoms with E-state index in [0.29, 0.717) is 0 Å². The lowest BCUT2D eigenvalue weighted by atomic mass is 10.1. The average molecular weight is 489 g/mol. The topological polar surface area (TPSA) is 18.5 Å². The number of unbranched alkanes of at least 4 members (excludes halogenated alkanes) is 9. The van der Waals surface area contributed by atoms with Crippen molar-refractivity contribution in [3.63, 3.8) is 0 Å². The van der Waals surface area contributed by atoms with E-state index in [-0.39, 0.29) is 0 Å². The molecule has 3 heteroatoms. The molecule has 0 amide bonds. The van der Waals surface area contributed by atoms with Crippen LogP contribution in [0.4, 0.5) is 0 Å². The van der Waals surface area contributed by atoms with E-state index in [2.05, 4.69) is 98.8 Å². The van der Waals surface area contributed by atoms with Crippen molar-refractivity contribution in [3.8, 4) is 5.75 Å². The van der Waals surface area contributed by atoms with Crippen LogP contribution in [0.25, 0.3) is 0 Å². The first-order valence-corrected chi connectivity index (χ1v) is 15.6. The largest absolute Gasteiger partial charge is 0.514 e. The molecule has 0 heterocycles. The van der Waals surface area contributed by atoms with E-state index >= 15 is 0 Å². The van der Waals surface area contributed by atoms with Gasteiger partial charge in [-0.15, -0.1) is 0 Å². The molecule has 0 aliphatic carbocycles. The summed E-state index contributed by atoms with van der Waals surface area (Å²) < 4.78 is 13.8. The van der Waals surface area contributed by atoms with Crippen molar-refractivity contribution in [1.82, 2.24) is 0 Å². The van der Waals surface area contributed by atoms with Crippen LogP contribution in [0.3, 0.4) is 0 Å². The van der Waals surface area contributed by atoms with Crippen LogP contribution in [0.15, 0.2) is 84.9 Å². The summed E-state index contributed by atoms with van der Waals surface area (Å²) in [7, 11) is -2.92. The fraction of sp³-hybridized carbons (Fsp3) is 0.438. The molecule has 3 aromatic carbocycles. The lowest BCUT2D eigenvalue weighted by Gasteiger charge is -2.32. The molecule has 0 atom stereocenters. The Morgan fingerprint density at radius 3 is 1.66 bits per heavy atom. The first kappa shape index (κ1) is 27.2. The van der Waals surface area contributed by atoms with Crippen LogP contribution in [0.2, 0.25) is 0 Å². The Morgan fingerprint density at radius 2 is 1.11 bits per heavy atom. The van der Waals surface area contributed by atoms with Gasteiger partial charge < -0.3 is 8.85 Å². The van der Waals surface area contributed by atoms with Gasteiger partial charge in [0.05, 0.1) is 0 Å². The molecule has 2 nitrogen and oxygen atoms in total. The second kappa shape index (κ2) is 15.6. The van der Waals surface area contributed by atoms with Crippen LogP contribution in [0.5, 0.6) is 5.75 Å². The Kier molecular flexibility index (Phi) is 12.1. The van der Waals surface area contributed by atoms with Gasteiger partial charge in [0.2, 0.25) is 0 Å². The first-order chi connectivity index (χ1) is 17.3. The maximum atomic E-state index is 6.93. The quantitative estimate of drug-likeness (QED) is 0.142. The van der Waals surface area contributed by atoms with Crippen LogP contribution in [0, 0.1) is 0 Å². The maximum absolute atomic E-state index is 6.93. The highest BCUT2D eigenvalue weighted by Crippen LogP contribution is 2.20. The molecule has 35 heavy (non-hydrogen) atoms. The number of rotatable bonds is 17. The van der Waals surface area contributed by atoms with E-state index in [1.54, 1.807) is 0 Å². The zero-order valence-electron chi connectivity index (χ0n) is 21.9. The monoisotopic (exact) mass is 488 g/mol. The Labute approximate surface area is 215 Å². The molecule has 3 aromatic rings. The summed E-state index contributed by atoms with van der Waals surface area (Å²) in [6, 6.07) is 29.6. The standard InChI is InChI=1S/C32H44O2Si/c1-3-5-6-7-8-9-10-11-12-19-27-33-35(31-23-15-13-16-24-31,32-25-17-14-18-26-32)34-30-22-20-21-29(4-2)28-30/h13-18,20-26,28H,3-12,19,27H2,1-2H3. The van der Waals surface area contributed by atoms with Gasteiger partial charge in [-0.1, -0.05) is 144 Å². The summed E-state index contributed by atoms with van der Waals surface area (Å²) in [6.45, 7) is 5.18. The van der Waals surface area contributed by atoms with Gasteiger partial charge >= 0.3 is 8.56 Å². The van der Waals surface area contributed by atoms with Crippen LogP contribution in [0.1, 0.15) is 83.6 Å². The van der Waals surface area contributed by atoms with E-state index in [1.165, 1.54) is 63.4 Å². The Bertz CT molecular complexity index is 903. The molecular weight excluding hydrogens is 444 g/mol. The highest BCUT2D eigenvalue weighted by molar-refractivity contribution is 6.93. The number of hydrogen-bond acceptors (Lipinski definition) is 2. The molecule has 0 fully saturated rings. The van der Waals surface area contributed by atoms with Crippen molar-refractivity contribution < 1.29 is 8.85 Å². The van der Waals surface area contributed by atoms with E-state index in [0.717, 1.165) is 35.6 Å². The van der Waals surface area contributed by atoms with Gasteiger partial charge in [0.1, 0.15) is 5.75 Å². The molecule has 0 N–H and O–H groups in total. The predicted octanol–water partition coefficient (Wildman–Crippen LogP) is 7.82. The second-order valence-electron chi connectivity index (χ2n) is 9.48. The van der Waals surface area contributed by atoms with Gasteiger partial charge in [-0.25, -0.2) is 0 Å². The fourth-order valence-electron chi connectivity index (χ4n) is 4.60. The fourth-order valence-corrected chi connectivity index (χ4v) is 7.71. The summed E-state index contributed by atoms with van der Waals surface area (Å²) in [6.07, 6.45) is 14.2. The van der Waals surface area contributed by atoms with Crippen molar-refractivity contribution >= 4 is 18.9 Å². The lowest BCUT2D eigenvalue weighted by molar-refractivity contribution is 0.252. The minimum atomic E-state index is -2.92. The van der Waals surface area contributed by atoms with Crippen LogP contribution < -0.4 is 14.8 Å². The highest BCUT2D eigenvalue weighted by Gasteiger charge is 2.45. The van der Waals surface area contributed by atoms with Crippen LogP contribution >= 0.6 is 0 Å². The molecule has 0 radical (unpaired) electrons. The SMILES string of the molecule is CCCCCCCCCCCCO[Si](Oc1cccc(CC)c1)(c1ccccc1)c1ccccc1. The molecule has 0 saturated carbocycles. The van der Waals surface area contributed by atoms with Crippen molar-refractivity contribution in [2.45, 2.75) is 84.5 Å². The smallest absolute Gasteiger partial charge is 0.468 e. The second-order valence-corrected chi connectivity index (χ2v) is 12.4. The summed E-state index contributed by atoms with van der Waals surface area (Å²) in [5, 5.41) is 2.31. The number of aryl methyl sites for hydroxylation is 1. The zero-order valence-corrected chi connectivity index (χ0v) is 22.9. The minimum Gasteiger partial charge on any atom is -0.514 e. The summed E-state index contributed by atoms with van der Waals surface area (Å²) in [4.78, 5) is 0. The number of benzene rings is 3. The van der Waals surface area contributed by atoms with Crippen LogP contribution in [-0.4, -0.2) is 15.2 Å². The Balaban J connectivity index is 1.68. The van der Waals surface area contributed by atoms with Gasteiger partial charge in [-0.2, -0.15) is 0 Å². The van der Waals surface area contributed by atoms with Crippen molar-refractivity contribution in [1.29, 1.82) is 0 Å². The van der Waals surface area contributed by atoms with Crippen molar-refractivity contribution in [2.24, 2.45) is 0 Å². The number of hydrogen-bond donors (Lipinski definition) is 0. The third-order valence-corrected chi connectivity index (χ3v) is 10.00. The van der Waals surface area contributed by atoms with Crippen molar-refractivity contribution in [2.75, 3.05) is 6.61 Å². The summed E-state index contributed by atoms with van der Waals surface area (Å²) in [5.41, 5.74) is 1.28. The molecule has 0 aliphatic heterocycles. The predicted molar refractivity (Wildman–Crippen MR) is 152 cm³/mol. The molecule has 0 aromatic heterocycles. The van der Waals surface area contributed by atoms with Gasteiger partial charge in [-0.3, -0.25) is 0 Å². The lowest BCUT2D eigenvalue weighted by Crippen LogP contribution is -2.66. The molecule has 0 spiro atoms. The summed E-state index contributed by atoms with van der Waals surface area (Å²) in [5.74, 6) is 0.895. The van der Waals surface area contributed by atoms with E-state index in [9.17, 15) is 0 Å². The Hall–Kier alpha value is -2.36. The Morgan fingerprint density at radius 1 is 0.571 bits per heavy atom. The van der Waals surface area contributed by atoms with Gasteiger partial charge in [0.25, 0.3) is 0 Å². The maximum Gasteiger partial charge on any atom is 0.468 e. The first-order valence-electron chi connectivity index (χ1n) is 13.8. The summed E-state index contributed by atoms with van der Waals surface area (Å²) >= 11 is 0. The normalized spacial score (nSPS) is 11.5. The van der Waals surface area contributed by atoms with Crippen molar-refractivity contribution in [3.05, 3.63) is 90.5 Å². The molecule has 0 unspecified atom stereocenters. The molecule has 3 rings (SSSR count). The van der Waals surface area contributed by atoms with Gasteiger partial charge in [0.15, 0.2) is 0 Å². The molecule has 188 valence electrons. The minimum absolute atomic E-state index is 0.722. The third-order valence-electron chi connectivity index (χ3n) is 6.68. The van der Waals surface area contributed by atoms with Gasteiger partial charge in [0, 0.05) is 17.0 Å².